The zero-order valence-corrected chi connectivity index (χ0v) is 20.7. The van der Waals surface area contributed by atoms with Gasteiger partial charge >= 0.3 is 0 Å². The Morgan fingerprint density at radius 2 is 1.75 bits per heavy atom. The highest BCUT2D eigenvalue weighted by molar-refractivity contribution is 5.27. The van der Waals surface area contributed by atoms with Crippen molar-refractivity contribution in [2.75, 3.05) is 13.7 Å². The lowest BCUT2D eigenvalue weighted by Gasteiger charge is -2.51. The molecule has 0 bridgehead atoms. The number of hydrogen-bond acceptors (Lipinski definition) is 4. The summed E-state index contributed by atoms with van der Waals surface area (Å²) in [4.78, 5) is 0. The molecule has 6 unspecified atom stereocenters. The minimum absolute atomic E-state index is 0.0183. The van der Waals surface area contributed by atoms with Gasteiger partial charge in [0.15, 0.2) is 0 Å². The molecule has 4 heteroatoms. The molecule has 4 nitrogen and oxygen atoms in total. The summed E-state index contributed by atoms with van der Waals surface area (Å²) in [7, 11) is 1.68. The van der Waals surface area contributed by atoms with Crippen molar-refractivity contribution in [2.24, 2.45) is 22.7 Å². The lowest BCUT2D eigenvalue weighted by Crippen LogP contribution is -2.48. The standard InChI is InChI=1S/C18H30O2.C10H15NO/c1-12-4-5-13-10-14(6-8-17(12,13)2)18(3)9-7-15(19)11-16(18)20;1-3-11-8-9-4-6-10(12-2)7-5-9/h13-16,19-20H,1,4-11H2,2-3H3;4-7,11H,3,8H2,1-2H3. The van der Waals surface area contributed by atoms with Crippen LogP contribution in [0.1, 0.15) is 77.7 Å². The molecule has 4 rings (SSSR count). The molecule has 0 radical (unpaired) electrons. The van der Waals surface area contributed by atoms with Gasteiger partial charge < -0.3 is 20.3 Å². The molecule has 180 valence electrons. The fourth-order valence-electron chi connectivity index (χ4n) is 6.31. The summed E-state index contributed by atoms with van der Waals surface area (Å²) in [5.41, 5.74) is 3.14. The van der Waals surface area contributed by atoms with E-state index in [1.807, 2.05) is 12.1 Å². The van der Waals surface area contributed by atoms with Crippen LogP contribution in [0, 0.1) is 22.7 Å². The molecule has 3 fully saturated rings. The summed E-state index contributed by atoms with van der Waals surface area (Å²) in [6.07, 6.45) is 7.99. The first kappa shape index (κ1) is 25.3. The van der Waals surface area contributed by atoms with E-state index >= 15 is 0 Å². The number of benzene rings is 1. The monoisotopic (exact) mass is 443 g/mol. The first-order valence-corrected chi connectivity index (χ1v) is 12.6. The Balaban J connectivity index is 0.000000207. The zero-order valence-electron chi connectivity index (χ0n) is 20.7. The van der Waals surface area contributed by atoms with E-state index in [9.17, 15) is 10.2 Å². The van der Waals surface area contributed by atoms with Gasteiger partial charge in [0.05, 0.1) is 19.3 Å². The normalized spacial score (nSPS) is 36.8. The fraction of sp³-hybridized carbons (Fsp3) is 0.714. The third-order valence-electron chi connectivity index (χ3n) is 9.03. The second-order valence-electron chi connectivity index (χ2n) is 10.8. The van der Waals surface area contributed by atoms with Crippen LogP contribution in [-0.4, -0.2) is 36.1 Å². The van der Waals surface area contributed by atoms with Crippen LogP contribution in [0.5, 0.6) is 5.75 Å². The summed E-state index contributed by atoms with van der Waals surface area (Å²) in [6, 6.07) is 8.10. The third kappa shape index (κ3) is 5.40. The molecule has 0 heterocycles. The van der Waals surface area contributed by atoms with E-state index in [1.165, 1.54) is 43.2 Å². The SMILES string of the molecule is C=C1CCC2CC(C3(C)CCC(O)CC3O)CCC12C.CCNCc1ccc(OC)cc1. The van der Waals surface area contributed by atoms with Gasteiger partial charge in [0, 0.05) is 6.54 Å². The van der Waals surface area contributed by atoms with Gasteiger partial charge in [-0.05, 0) is 98.3 Å². The van der Waals surface area contributed by atoms with Gasteiger partial charge in [-0.2, -0.15) is 0 Å². The predicted octanol–water partition coefficient (Wildman–Crippen LogP) is 5.48. The Hall–Kier alpha value is -1.36. The van der Waals surface area contributed by atoms with Crippen LogP contribution in [-0.2, 0) is 6.54 Å². The summed E-state index contributed by atoms with van der Waals surface area (Å²) in [6.45, 7) is 13.0. The number of ether oxygens (including phenoxy) is 1. The smallest absolute Gasteiger partial charge is 0.118 e. The topological polar surface area (TPSA) is 61.7 Å². The Labute approximate surface area is 195 Å². The molecule has 0 saturated heterocycles. The van der Waals surface area contributed by atoms with Crippen molar-refractivity contribution < 1.29 is 14.9 Å². The van der Waals surface area contributed by atoms with Gasteiger partial charge in [0.1, 0.15) is 5.75 Å². The van der Waals surface area contributed by atoms with Crippen LogP contribution in [0.2, 0.25) is 0 Å². The van der Waals surface area contributed by atoms with E-state index in [4.69, 9.17) is 4.74 Å². The minimum Gasteiger partial charge on any atom is -0.497 e. The molecule has 3 N–H and O–H groups in total. The molecule has 3 aliphatic rings. The molecule has 1 aromatic carbocycles. The van der Waals surface area contributed by atoms with Gasteiger partial charge in [-0.3, -0.25) is 0 Å². The van der Waals surface area contributed by atoms with Crippen molar-refractivity contribution in [3.05, 3.63) is 42.0 Å². The highest BCUT2D eigenvalue weighted by atomic mass is 16.5. The van der Waals surface area contributed by atoms with Gasteiger partial charge in [-0.15, -0.1) is 0 Å². The molecule has 32 heavy (non-hydrogen) atoms. The average Bonchev–Trinajstić information content (AvgIpc) is 3.09. The first-order valence-electron chi connectivity index (χ1n) is 12.6. The van der Waals surface area contributed by atoms with Crippen molar-refractivity contribution in [3.63, 3.8) is 0 Å². The number of rotatable bonds is 5. The van der Waals surface area contributed by atoms with Gasteiger partial charge in [-0.1, -0.05) is 45.1 Å². The number of aliphatic hydroxyl groups excluding tert-OH is 2. The lowest BCUT2D eigenvalue weighted by atomic mass is 9.55. The molecule has 3 saturated carbocycles. The molecule has 3 aliphatic carbocycles. The average molecular weight is 444 g/mol. The second-order valence-corrected chi connectivity index (χ2v) is 10.8. The molecule has 6 atom stereocenters. The van der Waals surface area contributed by atoms with Crippen molar-refractivity contribution in [1.29, 1.82) is 0 Å². The number of fused-ring (bicyclic) bond motifs is 1. The Morgan fingerprint density at radius 3 is 2.38 bits per heavy atom. The largest absolute Gasteiger partial charge is 0.497 e. The van der Waals surface area contributed by atoms with Crippen LogP contribution in [0.15, 0.2) is 36.4 Å². The van der Waals surface area contributed by atoms with E-state index in [-0.39, 0.29) is 17.6 Å². The maximum absolute atomic E-state index is 10.5. The summed E-state index contributed by atoms with van der Waals surface area (Å²) >= 11 is 0. The Bertz CT molecular complexity index is 748. The van der Waals surface area contributed by atoms with E-state index in [2.05, 4.69) is 44.8 Å². The lowest BCUT2D eigenvalue weighted by molar-refractivity contribution is -0.0968. The maximum Gasteiger partial charge on any atom is 0.118 e. The maximum atomic E-state index is 10.5. The van der Waals surface area contributed by atoms with E-state index in [1.54, 1.807) is 7.11 Å². The third-order valence-corrected chi connectivity index (χ3v) is 9.03. The van der Waals surface area contributed by atoms with Crippen molar-refractivity contribution in [1.82, 2.24) is 5.32 Å². The van der Waals surface area contributed by atoms with Crippen LogP contribution >= 0.6 is 0 Å². The van der Waals surface area contributed by atoms with E-state index in [0.29, 0.717) is 17.8 Å². The predicted molar refractivity (Wildman–Crippen MR) is 132 cm³/mol. The molecule has 0 amide bonds. The van der Waals surface area contributed by atoms with Crippen LogP contribution in [0.4, 0.5) is 0 Å². The highest BCUT2D eigenvalue weighted by Crippen LogP contribution is 2.60. The Kier molecular flexibility index (Phi) is 8.46. The van der Waals surface area contributed by atoms with E-state index in [0.717, 1.165) is 37.6 Å². The van der Waals surface area contributed by atoms with Gasteiger partial charge in [0.2, 0.25) is 0 Å². The molecule has 0 spiro atoms. The van der Waals surface area contributed by atoms with Crippen LogP contribution in [0.25, 0.3) is 0 Å². The first-order chi connectivity index (χ1) is 15.2. The number of hydrogen-bond donors (Lipinski definition) is 3. The fourth-order valence-corrected chi connectivity index (χ4v) is 6.31. The summed E-state index contributed by atoms with van der Waals surface area (Å²) < 4.78 is 5.05. The quantitative estimate of drug-likeness (QED) is 0.528. The molecule has 0 aromatic heterocycles. The minimum atomic E-state index is -0.329. The van der Waals surface area contributed by atoms with Gasteiger partial charge in [0.25, 0.3) is 0 Å². The van der Waals surface area contributed by atoms with Crippen LogP contribution < -0.4 is 10.1 Å². The number of methoxy groups -OCH3 is 1. The van der Waals surface area contributed by atoms with Crippen molar-refractivity contribution in [2.45, 2.75) is 90.9 Å². The Morgan fingerprint density at radius 1 is 1.03 bits per heavy atom. The van der Waals surface area contributed by atoms with E-state index < -0.39 is 0 Å². The molecular formula is C28H45NO3. The molecule has 0 aliphatic heterocycles. The van der Waals surface area contributed by atoms with Crippen LogP contribution in [0.3, 0.4) is 0 Å². The highest BCUT2D eigenvalue weighted by Gasteiger charge is 2.51. The zero-order chi connectivity index (χ0) is 23.4. The summed E-state index contributed by atoms with van der Waals surface area (Å²) in [5, 5.41) is 23.6. The summed E-state index contributed by atoms with van der Waals surface area (Å²) in [5.74, 6) is 2.30. The number of nitrogens with one attached hydrogen (secondary N) is 1. The van der Waals surface area contributed by atoms with Crippen molar-refractivity contribution >= 4 is 0 Å². The number of allylic oxidation sites excluding steroid dienone is 1. The van der Waals surface area contributed by atoms with Gasteiger partial charge in [-0.25, -0.2) is 0 Å². The van der Waals surface area contributed by atoms with Crippen molar-refractivity contribution in [3.8, 4) is 5.75 Å². The molecular weight excluding hydrogens is 398 g/mol. The second kappa shape index (κ2) is 10.7. The molecule has 1 aromatic rings. The number of aliphatic hydroxyl groups is 2.